The third-order valence-electron chi connectivity index (χ3n) is 6.48. The van der Waals surface area contributed by atoms with Gasteiger partial charge >= 0.3 is 7.60 Å². The van der Waals surface area contributed by atoms with Gasteiger partial charge in [-0.25, -0.2) is 4.98 Å². The van der Waals surface area contributed by atoms with E-state index in [1.165, 1.54) is 10.9 Å². The van der Waals surface area contributed by atoms with Crippen molar-refractivity contribution in [2.75, 3.05) is 11.5 Å². The molecule has 12 nitrogen and oxygen atoms in total. The van der Waals surface area contributed by atoms with Crippen molar-refractivity contribution in [2.45, 2.75) is 31.0 Å². The summed E-state index contributed by atoms with van der Waals surface area (Å²) in [6.07, 6.45) is -4.05. The first kappa shape index (κ1) is 24.3. The van der Waals surface area contributed by atoms with Crippen LogP contribution < -0.4 is 5.32 Å². The van der Waals surface area contributed by atoms with E-state index in [0.717, 1.165) is 27.5 Å². The molecule has 1 aliphatic rings. The van der Waals surface area contributed by atoms with Gasteiger partial charge in [-0.1, -0.05) is 18.2 Å². The zero-order chi connectivity index (χ0) is 25.9. The Kier molecular flexibility index (Phi) is 5.92. The number of aliphatic hydroxyl groups is 2. The minimum atomic E-state index is -4.30. The minimum absolute atomic E-state index is 0.0731. The summed E-state index contributed by atoms with van der Waals surface area (Å²) in [6.45, 7) is 0. The van der Waals surface area contributed by atoms with E-state index in [-0.39, 0.29) is 17.4 Å². The standard InChI is InChI=1S/C23H22ClN6O6P/c24-23-28-20(26-11-5-6-15-13(9-11)12-3-1-2-4-14(12)27-15)17-21(29-23)30(10-25-17)22-19(32)18(31)16(36-22)7-8-37(33,34)35/h1-6,9-10,16,18-19,22,27,31-32H,7-8H2,(H,26,28,29)(H2,33,34,35)/t16-,18?,19?,22-/m1/s1. The van der Waals surface area contributed by atoms with E-state index >= 15 is 0 Å². The molecular weight excluding hydrogens is 523 g/mol. The number of halogens is 1. The molecule has 2 unspecified atom stereocenters. The smallest absolute Gasteiger partial charge is 0.325 e. The van der Waals surface area contributed by atoms with Gasteiger partial charge in [-0.05, 0) is 42.3 Å². The second kappa shape index (κ2) is 9.03. The van der Waals surface area contributed by atoms with Crippen molar-refractivity contribution >= 4 is 63.7 Å². The van der Waals surface area contributed by atoms with Gasteiger partial charge < -0.3 is 35.0 Å². The first-order chi connectivity index (χ1) is 17.7. The van der Waals surface area contributed by atoms with E-state index < -0.39 is 38.3 Å². The molecule has 14 heteroatoms. The summed E-state index contributed by atoms with van der Waals surface area (Å²) in [5.41, 5.74) is 3.36. The SMILES string of the molecule is O=P(O)(O)CC[C@H]1O[C@@H](n2cnc3c(Nc4ccc5[nH]c6ccccc6c5c4)nc(Cl)nc32)C(O)C1O. The first-order valence-electron chi connectivity index (χ1n) is 11.4. The maximum absolute atomic E-state index is 11.2. The Hall–Kier alpha value is -3.09. The molecule has 1 aliphatic heterocycles. The van der Waals surface area contributed by atoms with Crippen LogP contribution in [0.4, 0.5) is 11.5 Å². The fraction of sp³-hybridized carbons (Fsp3) is 0.261. The molecule has 0 bridgehead atoms. The largest absolute Gasteiger partial charge is 0.388 e. The Balaban J connectivity index is 1.33. The summed E-state index contributed by atoms with van der Waals surface area (Å²) in [5, 5.41) is 26.3. The Morgan fingerprint density at radius 2 is 1.86 bits per heavy atom. The van der Waals surface area contributed by atoms with Crippen molar-refractivity contribution in [3.63, 3.8) is 0 Å². The van der Waals surface area contributed by atoms with Crippen molar-refractivity contribution in [3.05, 3.63) is 54.1 Å². The normalized spacial score (nSPS) is 22.4. The van der Waals surface area contributed by atoms with E-state index in [4.69, 9.17) is 26.1 Å². The lowest BCUT2D eigenvalue weighted by atomic mass is 10.1. The fourth-order valence-corrected chi connectivity index (χ4v) is 5.47. The van der Waals surface area contributed by atoms with Gasteiger partial charge in [-0.3, -0.25) is 9.13 Å². The topological polar surface area (TPSA) is 179 Å². The molecule has 37 heavy (non-hydrogen) atoms. The Morgan fingerprint density at radius 3 is 2.68 bits per heavy atom. The second-order valence-electron chi connectivity index (χ2n) is 8.94. The number of benzene rings is 2. The molecule has 0 radical (unpaired) electrons. The molecule has 0 aliphatic carbocycles. The summed E-state index contributed by atoms with van der Waals surface area (Å²) in [5.74, 6) is 0.332. The number of nitrogens with one attached hydrogen (secondary N) is 2. The van der Waals surface area contributed by atoms with Gasteiger partial charge in [0.05, 0.1) is 18.6 Å². The van der Waals surface area contributed by atoms with E-state index in [1.807, 2.05) is 42.5 Å². The molecule has 0 spiro atoms. The first-order valence-corrected chi connectivity index (χ1v) is 13.6. The number of imidazole rings is 1. The van der Waals surface area contributed by atoms with Crippen molar-refractivity contribution in [2.24, 2.45) is 0 Å². The number of ether oxygens (including phenoxy) is 1. The summed E-state index contributed by atoms with van der Waals surface area (Å²) in [4.78, 5) is 34.6. The van der Waals surface area contributed by atoms with Gasteiger partial charge in [0.1, 0.15) is 12.2 Å². The molecule has 5 aromatic rings. The van der Waals surface area contributed by atoms with Crippen LogP contribution in [-0.4, -0.2) is 69.0 Å². The highest BCUT2D eigenvalue weighted by Crippen LogP contribution is 2.40. The molecule has 0 saturated carbocycles. The monoisotopic (exact) mass is 544 g/mol. The number of hydrogen-bond acceptors (Lipinski definition) is 8. The van der Waals surface area contributed by atoms with Crippen molar-refractivity contribution in [1.29, 1.82) is 0 Å². The highest BCUT2D eigenvalue weighted by atomic mass is 35.5. The maximum Gasteiger partial charge on any atom is 0.325 e. The summed E-state index contributed by atoms with van der Waals surface area (Å²) >= 11 is 6.23. The van der Waals surface area contributed by atoms with Crippen LogP contribution in [0.2, 0.25) is 5.28 Å². The van der Waals surface area contributed by atoms with Crippen LogP contribution in [-0.2, 0) is 9.30 Å². The number of anilines is 2. The quantitative estimate of drug-likeness (QED) is 0.137. The maximum atomic E-state index is 11.2. The summed E-state index contributed by atoms with van der Waals surface area (Å²) in [6, 6.07) is 13.8. The van der Waals surface area contributed by atoms with Gasteiger partial charge in [0.2, 0.25) is 5.28 Å². The summed E-state index contributed by atoms with van der Waals surface area (Å²) < 4.78 is 18.4. The van der Waals surface area contributed by atoms with Gasteiger partial charge in [0, 0.05) is 27.5 Å². The van der Waals surface area contributed by atoms with Crippen LogP contribution in [0, 0.1) is 0 Å². The number of rotatable bonds is 6. The van der Waals surface area contributed by atoms with Crippen LogP contribution >= 0.6 is 19.2 Å². The van der Waals surface area contributed by atoms with Crippen molar-refractivity contribution in [1.82, 2.24) is 24.5 Å². The molecule has 4 atom stereocenters. The van der Waals surface area contributed by atoms with Crippen LogP contribution in [0.3, 0.4) is 0 Å². The fourth-order valence-electron chi connectivity index (χ4n) is 4.72. The zero-order valence-corrected chi connectivity index (χ0v) is 20.7. The van der Waals surface area contributed by atoms with E-state index in [0.29, 0.717) is 11.3 Å². The van der Waals surface area contributed by atoms with Gasteiger partial charge in [-0.15, -0.1) is 0 Å². The predicted octanol–water partition coefficient (Wildman–Crippen LogP) is 3.04. The number of aromatic amines is 1. The minimum Gasteiger partial charge on any atom is -0.388 e. The molecule has 6 rings (SSSR count). The van der Waals surface area contributed by atoms with Gasteiger partial charge in [-0.2, -0.15) is 9.97 Å². The molecule has 0 amide bonds. The Labute approximate surface area is 214 Å². The molecule has 6 N–H and O–H groups in total. The number of para-hydroxylation sites is 1. The molecule has 2 aromatic carbocycles. The molecular formula is C23H22ClN6O6P. The lowest BCUT2D eigenvalue weighted by Gasteiger charge is -2.17. The number of aliphatic hydroxyl groups excluding tert-OH is 2. The lowest BCUT2D eigenvalue weighted by molar-refractivity contribution is -0.0355. The third-order valence-corrected chi connectivity index (χ3v) is 7.49. The number of H-pyrrole nitrogens is 1. The molecule has 1 saturated heterocycles. The highest BCUT2D eigenvalue weighted by Gasteiger charge is 2.44. The highest BCUT2D eigenvalue weighted by molar-refractivity contribution is 7.51. The molecule has 3 aromatic heterocycles. The van der Waals surface area contributed by atoms with Gasteiger partial charge in [0.25, 0.3) is 0 Å². The van der Waals surface area contributed by atoms with Crippen LogP contribution in [0.25, 0.3) is 33.0 Å². The van der Waals surface area contributed by atoms with E-state index in [1.54, 1.807) is 0 Å². The Morgan fingerprint density at radius 1 is 1.08 bits per heavy atom. The second-order valence-corrected chi connectivity index (χ2v) is 11.1. The number of fused-ring (bicyclic) bond motifs is 4. The van der Waals surface area contributed by atoms with Crippen molar-refractivity contribution < 1.29 is 29.3 Å². The average molecular weight is 545 g/mol. The third kappa shape index (κ3) is 4.47. The predicted molar refractivity (Wildman–Crippen MR) is 137 cm³/mol. The van der Waals surface area contributed by atoms with Crippen molar-refractivity contribution in [3.8, 4) is 0 Å². The van der Waals surface area contributed by atoms with Crippen LogP contribution in [0.1, 0.15) is 12.6 Å². The number of hydrogen-bond donors (Lipinski definition) is 6. The average Bonchev–Trinajstić information content (AvgIpc) is 3.51. The number of aromatic nitrogens is 5. The number of nitrogens with zero attached hydrogens (tertiary/aromatic N) is 4. The van der Waals surface area contributed by atoms with Crippen LogP contribution in [0.5, 0.6) is 0 Å². The molecule has 192 valence electrons. The van der Waals surface area contributed by atoms with E-state index in [9.17, 15) is 14.8 Å². The molecule has 4 heterocycles. The van der Waals surface area contributed by atoms with E-state index in [2.05, 4.69) is 25.3 Å². The summed E-state index contributed by atoms with van der Waals surface area (Å²) in [7, 11) is -4.30. The van der Waals surface area contributed by atoms with Crippen LogP contribution in [0.15, 0.2) is 48.8 Å². The zero-order valence-electron chi connectivity index (χ0n) is 19.1. The van der Waals surface area contributed by atoms with Gasteiger partial charge in [0.15, 0.2) is 23.2 Å². The molecule has 1 fully saturated rings. The lowest BCUT2D eigenvalue weighted by Crippen LogP contribution is -2.31. The Bertz CT molecular complexity index is 1680.